The molecule has 38 heavy (non-hydrogen) atoms. The van der Waals surface area contributed by atoms with E-state index in [9.17, 15) is 19.5 Å². The number of carboxylic acids is 1. The highest BCUT2D eigenvalue weighted by atomic mass is 16.4. The lowest BCUT2D eigenvalue weighted by molar-refractivity contribution is -0.137. The molecule has 3 N–H and O–H groups in total. The van der Waals surface area contributed by atoms with Gasteiger partial charge >= 0.3 is 5.97 Å². The van der Waals surface area contributed by atoms with Crippen LogP contribution < -0.4 is 5.73 Å². The second-order valence-electron chi connectivity index (χ2n) is 10.5. The van der Waals surface area contributed by atoms with E-state index in [2.05, 4.69) is 38.1 Å². The first-order valence-corrected chi connectivity index (χ1v) is 13.1. The molecular weight excluding hydrogens is 476 g/mol. The number of primary amides is 1. The van der Waals surface area contributed by atoms with Crippen molar-refractivity contribution in [2.45, 2.75) is 70.9 Å². The molecule has 6 heteroatoms. The highest BCUT2D eigenvalue weighted by Crippen LogP contribution is 2.29. The van der Waals surface area contributed by atoms with Gasteiger partial charge in [0.15, 0.2) is 0 Å². The summed E-state index contributed by atoms with van der Waals surface area (Å²) in [5, 5.41) is 9.26. The van der Waals surface area contributed by atoms with Crippen LogP contribution in [0.2, 0.25) is 0 Å². The molecule has 0 aromatic heterocycles. The van der Waals surface area contributed by atoms with Crippen molar-refractivity contribution in [2.24, 2.45) is 5.73 Å². The van der Waals surface area contributed by atoms with Crippen molar-refractivity contribution in [3.63, 3.8) is 0 Å². The molecule has 200 valence electrons. The summed E-state index contributed by atoms with van der Waals surface area (Å²) >= 11 is 0. The van der Waals surface area contributed by atoms with Gasteiger partial charge in [0, 0.05) is 17.5 Å². The minimum Gasteiger partial charge on any atom is -0.481 e. The van der Waals surface area contributed by atoms with Crippen molar-refractivity contribution < 1.29 is 19.5 Å². The van der Waals surface area contributed by atoms with Crippen LogP contribution in [0.1, 0.15) is 74.4 Å². The topological polar surface area (TPSA) is 101 Å². The maximum atomic E-state index is 13.9. The maximum absolute atomic E-state index is 13.9. The summed E-state index contributed by atoms with van der Waals surface area (Å²) in [6, 6.07) is 24.3. The predicted octanol–water partition coefficient (Wildman–Crippen LogP) is 6.05. The first-order valence-electron chi connectivity index (χ1n) is 13.1. The minimum absolute atomic E-state index is 0.0603. The van der Waals surface area contributed by atoms with E-state index >= 15 is 0 Å². The van der Waals surface area contributed by atoms with Crippen molar-refractivity contribution >= 4 is 17.8 Å². The summed E-state index contributed by atoms with van der Waals surface area (Å²) in [6.07, 6.45) is 1.21. The van der Waals surface area contributed by atoms with E-state index in [0.29, 0.717) is 17.9 Å². The second-order valence-corrected chi connectivity index (χ2v) is 10.5. The molecule has 6 nitrogen and oxygen atoms in total. The molecule has 0 aliphatic carbocycles. The molecule has 0 heterocycles. The number of benzene rings is 3. The highest BCUT2D eigenvalue weighted by Gasteiger charge is 2.39. The van der Waals surface area contributed by atoms with Gasteiger partial charge in [-0.15, -0.1) is 0 Å². The number of carboxylic acid groups (broad SMARTS) is 1. The number of nitrogens with zero attached hydrogens (tertiary/aromatic N) is 1. The Balaban J connectivity index is 1.94. The fourth-order valence-corrected chi connectivity index (χ4v) is 4.86. The Morgan fingerprint density at radius 1 is 0.895 bits per heavy atom. The van der Waals surface area contributed by atoms with Crippen LogP contribution in [0, 0.1) is 0 Å². The molecular formula is C32H38N2O4. The van der Waals surface area contributed by atoms with Gasteiger partial charge in [0.05, 0.1) is 0 Å². The first-order chi connectivity index (χ1) is 18.0. The lowest BCUT2D eigenvalue weighted by Crippen LogP contribution is -2.58. The van der Waals surface area contributed by atoms with Crippen LogP contribution in [0.3, 0.4) is 0 Å². The Kier molecular flexibility index (Phi) is 9.45. The molecule has 0 aliphatic rings. The van der Waals surface area contributed by atoms with Crippen molar-refractivity contribution in [3.05, 3.63) is 95.6 Å². The molecule has 3 aromatic carbocycles. The number of carbonyl (C=O) groups is 3. The lowest BCUT2D eigenvalue weighted by atomic mass is 9.89. The summed E-state index contributed by atoms with van der Waals surface area (Å²) in [6.45, 7) is 8.13. The van der Waals surface area contributed by atoms with E-state index in [0.717, 1.165) is 23.1 Å². The van der Waals surface area contributed by atoms with Gasteiger partial charge in [0.25, 0.3) is 5.91 Å². The molecule has 0 saturated heterocycles. The molecule has 3 aromatic rings. The molecule has 2 amide bonds. The summed E-state index contributed by atoms with van der Waals surface area (Å²) < 4.78 is 0. The Bertz CT molecular complexity index is 1230. The Hall–Kier alpha value is -3.93. The van der Waals surface area contributed by atoms with Crippen LogP contribution >= 0.6 is 0 Å². The zero-order valence-electron chi connectivity index (χ0n) is 22.7. The minimum atomic E-state index is -1.06. The van der Waals surface area contributed by atoms with E-state index in [1.807, 2.05) is 56.3 Å². The first kappa shape index (κ1) is 28.6. The summed E-state index contributed by atoms with van der Waals surface area (Å²) in [4.78, 5) is 39.3. The monoisotopic (exact) mass is 514 g/mol. The van der Waals surface area contributed by atoms with Gasteiger partial charge in [-0.05, 0) is 73.4 Å². The van der Waals surface area contributed by atoms with Crippen molar-refractivity contribution in [1.82, 2.24) is 4.90 Å². The van der Waals surface area contributed by atoms with E-state index in [4.69, 9.17) is 5.73 Å². The summed E-state index contributed by atoms with van der Waals surface area (Å²) in [5.74, 6) is -1.64. The number of nitrogens with two attached hydrogens (primary N) is 1. The highest BCUT2D eigenvalue weighted by molar-refractivity contribution is 5.98. The molecule has 2 atom stereocenters. The predicted molar refractivity (Wildman–Crippen MR) is 151 cm³/mol. The quantitative estimate of drug-likeness (QED) is 0.307. The van der Waals surface area contributed by atoms with Crippen LogP contribution in [0.4, 0.5) is 0 Å². The molecule has 0 aliphatic heterocycles. The van der Waals surface area contributed by atoms with Gasteiger partial charge in [0.1, 0.15) is 6.04 Å². The molecule has 0 saturated carbocycles. The average molecular weight is 515 g/mol. The smallest absolute Gasteiger partial charge is 0.303 e. The fourth-order valence-electron chi connectivity index (χ4n) is 4.86. The Morgan fingerprint density at radius 3 is 1.95 bits per heavy atom. The number of aliphatic carboxylic acids is 1. The van der Waals surface area contributed by atoms with E-state index in [-0.39, 0.29) is 18.7 Å². The van der Waals surface area contributed by atoms with Crippen molar-refractivity contribution in [3.8, 4) is 11.1 Å². The molecule has 1 unspecified atom stereocenters. The largest absolute Gasteiger partial charge is 0.481 e. The third-order valence-electron chi connectivity index (χ3n) is 7.18. The van der Waals surface area contributed by atoms with E-state index < -0.39 is 23.5 Å². The second kappa shape index (κ2) is 12.5. The zero-order chi connectivity index (χ0) is 27.9. The maximum Gasteiger partial charge on any atom is 0.303 e. The van der Waals surface area contributed by atoms with Gasteiger partial charge in [-0.3, -0.25) is 14.4 Å². The lowest BCUT2D eigenvalue weighted by Gasteiger charge is -2.43. The van der Waals surface area contributed by atoms with Crippen molar-refractivity contribution in [1.29, 1.82) is 0 Å². The molecule has 0 fully saturated rings. The molecule has 3 rings (SSSR count). The van der Waals surface area contributed by atoms with E-state index in [1.54, 1.807) is 12.1 Å². The van der Waals surface area contributed by atoms with Gasteiger partial charge in [-0.1, -0.05) is 80.6 Å². The van der Waals surface area contributed by atoms with Crippen LogP contribution in [0.25, 0.3) is 11.1 Å². The van der Waals surface area contributed by atoms with Gasteiger partial charge in [-0.25, -0.2) is 0 Å². The van der Waals surface area contributed by atoms with Crippen LogP contribution in [0.5, 0.6) is 0 Å². The number of amides is 2. The number of hydrogen-bond acceptors (Lipinski definition) is 3. The molecule has 0 spiro atoms. The van der Waals surface area contributed by atoms with Crippen LogP contribution in [-0.4, -0.2) is 39.4 Å². The van der Waals surface area contributed by atoms with Crippen LogP contribution in [-0.2, 0) is 16.0 Å². The molecule has 0 bridgehead atoms. The normalized spacial score (nSPS) is 12.9. The number of rotatable bonds is 12. The third kappa shape index (κ3) is 7.09. The Morgan fingerprint density at radius 2 is 1.45 bits per heavy atom. The summed E-state index contributed by atoms with van der Waals surface area (Å²) in [5.41, 5.74) is 9.65. The standard InChI is InChI=1S/C32H38N2O4/c1-5-22(2)24-11-13-25(14-12-24)26-15-17-27(18-16-26)31(38)34(28(30(33)37)19-20-29(35)36)32(3,4)21-23-9-7-6-8-10-23/h6-18,22,28H,5,19-21H2,1-4H3,(H2,33,37)(H,35,36)/t22?,28-/m0/s1. The molecule has 0 radical (unpaired) electrons. The summed E-state index contributed by atoms with van der Waals surface area (Å²) in [7, 11) is 0. The average Bonchev–Trinajstić information content (AvgIpc) is 2.90. The third-order valence-corrected chi connectivity index (χ3v) is 7.18. The van der Waals surface area contributed by atoms with E-state index in [1.165, 1.54) is 10.5 Å². The van der Waals surface area contributed by atoms with Gasteiger partial charge < -0.3 is 15.7 Å². The number of hydrogen-bond donors (Lipinski definition) is 2. The van der Waals surface area contributed by atoms with Gasteiger partial charge in [0.2, 0.25) is 5.91 Å². The zero-order valence-corrected chi connectivity index (χ0v) is 22.7. The fraction of sp³-hybridized carbons (Fsp3) is 0.344. The number of carbonyl (C=O) groups excluding carboxylic acids is 2. The SMILES string of the molecule is CCC(C)c1ccc(-c2ccc(C(=O)N([C@@H](CCC(=O)O)C(N)=O)C(C)(C)Cc3ccccc3)cc2)cc1. The Labute approximate surface area is 225 Å². The van der Waals surface area contributed by atoms with Gasteiger partial charge in [-0.2, -0.15) is 0 Å². The van der Waals surface area contributed by atoms with Crippen molar-refractivity contribution in [2.75, 3.05) is 0 Å². The van der Waals surface area contributed by atoms with Crippen LogP contribution in [0.15, 0.2) is 78.9 Å².